The number of carboxylic acid groups (broad SMARTS) is 1. The number of rotatable bonds is 13. The minimum atomic E-state index is -4.41. The molecule has 0 amide bonds. The maximum Gasteiger partial charge on any atom is 0.303 e. The molecule has 0 aromatic heterocycles. The molecular formula is C39H48ClN2O8S2+. The highest BCUT2D eigenvalue weighted by atomic mass is 35.5. The van der Waals surface area contributed by atoms with Crippen LogP contribution >= 0.6 is 23.6 Å². The van der Waals surface area contributed by atoms with E-state index in [0.29, 0.717) is 18.0 Å². The number of hydrogen-bond donors (Lipinski definition) is 3. The van der Waals surface area contributed by atoms with Crippen LogP contribution in [0.15, 0.2) is 80.2 Å². The van der Waals surface area contributed by atoms with E-state index in [-0.39, 0.29) is 16.7 Å². The Kier molecular flexibility index (Phi) is 12.0. The van der Waals surface area contributed by atoms with Crippen molar-refractivity contribution in [1.82, 2.24) is 0 Å². The molecule has 10 nitrogen and oxygen atoms in total. The molecule has 0 saturated heterocycles. The second-order valence-electron chi connectivity index (χ2n) is 14.8. The molecule has 3 N–H and O–H groups in total. The quantitative estimate of drug-likeness (QED) is 0.0451. The zero-order valence-corrected chi connectivity index (χ0v) is 33.1. The highest BCUT2D eigenvalue weighted by Gasteiger charge is 2.45. The number of aryl methyl sites for hydroxylation is 2. The van der Waals surface area contributed by atoms with Gasteiger partial charge in [-0.1, -0.05) is 49.1 Å². The van der Waals surface area contributed by atoms with Crippen LogP contribution in [0.3, 0.4) is 0 Å². The molecule has 2 aromatic carbocycles. The Balaban J connectivity index is 1.48. The van der Waals surface area contributed by atoms with E-state index in [1.54, 1.807) is 6.07 Å². The lowest BCUT2D eigenvalue weighted by molar-refractivity contribution is -0.432. The van der Waals surface area contributed by atoms with Crippen molar-refractivity contribution in [3.8, 4) is 0 Å². The van der Waals surface area contributed by atoms with Gasteiger partial charge >= 0.3 is 5.97 Å². The normalized spacial score (nSPS) is 19.8. The summed E-state index contributed by atoms with van der Waals surface area (Å²) < 4.78 is 41.2. The van der Waals surface area contributed by atoms with Crippen LogP contribution in [-0.2, 0) is 35.1 Å². The molecule has 0 unspecified atom stereocenters. The zero-order chi connectivity index (χ0) is 38.2. The minimum Gasteiger partial charge on any atom is -0.481 e. The molecule has 0 fully saturated rings. The number of unbranched alkanes of at least 4 members (excludes halogenated alkanes) is 2. The van der Waals surface area contributed by atoms with Gasteiger partial charge in [-0.3, -0.25) is 9.35 Å². The van der Waals surface area contributed by atoms with Gasteiger partial charge < -0.3 is 10.0 Å². The number of halogens is 1. The van der Waals surface area contributed by atoms with Gasteiger partial charge in [-0.05, 0) is 112 Å². The van der Waals surface area contributed by atoms with Crippen molar-refractivity contribution in [2.75, 3.05) is 18.5 Å². The number of carboxylic acids is 1. The third-order valence-electron chi connectivity index (χ3n) is 10.5. The molecule has 0 bridgehead atoms. The lowest BCUT2D eigenvalue weighted by Gasteiger charge is -2.27. The topological polar surface area (TPSA) is 137 Å². The van der Waals surface area contributed by atoms with Gasteiger partial charge in [0.05, 0.1) is 22.4 Å². The molecule has 3 aliphatic rings. The second kappa shape index (κ2) is 15.6. The molecule has 1 aliphatic carbocycles. The number of allylic oxidation sites excluding steroid dienone is 8. The van der Waals surface area contributed by atoms with Crippen LogP contribution in [-0.4, -0.2) is 53.2 Å². The summed E-state index contributed by atoms with van der Waals surface area (Å²) in [5.41, 5.74) is 9.03. The Morgan fingerprint density at radius 1 is 1.00 bits per heavy atom. The van der Waals surface area contributed by atoms with E-state index >= 15 is 0 Å². The Labute approximate surface area is 316 Å². The van der Waals surface area contributed by atoms with E-state index in [0.717, 1.165) is 105 Å². The fourth-order valence-corrected chi connectivity index (χ4v) is 9.32. The molecule has 52 heavy (non-hydrogen) atoms. The van der Waals surface area contributed by atoms with Crippen LogP contribution in [0.2, 0.25) is 0 Å². The number of aliphatic carboxylic acids is 1. The SMILES string of the molecule is Cc1cc(S(=O)(=O)O)cc2c1N(CCCCCC(=O)O)/C(=C/C=C1\CCCC(/C=C/C3=[N+](C)c4c(C)cc(SOOO)cc4C3(C)C)=C1Cl)C2(C)C. The van der Waals surface area contributed by atoms with Crippen molar-refractivity contribution >= 4 is 56.8 Å². The highest BCUT2D eigenvalue weighted by molar-refractivity contribution is 7.94. The van der Waals surface area contributed by atoms with Gasteiger partial charge in [0.2, 0.25) is 5.69 Å². The molecule has 13 heteroatoms. The number of benzene rings is 2. The number of nitrogens with zero attached hydrogens (tertiary/aromatic N) is 2. The molecular weight excluding hydrogens is 724 g/mol. The van der Waals surface area contributed by atoms with Gasteiger partial charge in [0.15, 0.2) is 5.71 Å². The van der Waals surface area contributed by atoms with Gasteiger partial charge in [0.25, 0.3) is 10.1 Å². The van der Waals surface area contributed by atoms with E-state index in [9.17, 15) is 17.8 Å². The average molecular weight is 772 g/mol. The van der Waals surface area contributed by atoms with Crippen molar-refractivity contribution in [1.29, 1.82) is 0 Å². The summed E-state index contributed by atoms with van der Waals surface area (Å²) in [6, 6.07) is 7.11. The van der Waals surface area contributed by atoms with Crippen molar-refractivity contribution in [3.05, 3.63) is 92.7 Å². The van der Waals surface area contributed by atoms with Crippen LogP contribution < -0.4 is 4.90 Å². The smallest absolute Gasteiger partial charge is 0.303 e. The number of anilines is 1. The molecule has 5 rings (SSSR count). The maximum atomic E-state index is 12.2. The van der Waals surface area contributed by atoms with Gasteiger partial charge in [-0.25, -0.2) is 5.26 Å². The Morgan fingerprint density at radius 2 is 1.73 bits per heavy atom. The largest absolute Gasteiger partial charge is 0.481 e. The second-order valence-corrected chi connectivity index (χ2v) is 17.4. The van der Waals surface area contributed by atoms with Crippen molar-refractivity contribution in [2.24, 2.45) is 0 Å². The summed E-state index contributed by atoms with van der Waals surface area (Å²) in [4.78, 5) is 14.0. The molecule has 0 saturated carbocycles. The Hall–Kier alpha value is -3.23. The van der Waals surface area contributed by atoms with Crippen LogP contribution in [0.1, 0.15) is 94.9 Å². The molecule has 2 aliphatic heterocycles. The molecule has 0 atom stereocenters. The predicted molar refractivity (Wildman–Crippen MR) is 205 cm³/mol. The van der Waals surface area contributed by atoms with Crippen molar-refractivity contribution in [2.45, 2.75) is 107 Å². The average Bonchev–Trinajstić information content (AvgIpc) is 3.39. The lowest BCUT2D eigenvalue weighted by Crippen LogP contribution is -2.27. The van der Waals surface area contributed by atoms with E-state index in [4.69, 9.17) is 26.3 Å². The first-order chi connectivity index (χ1) is 24.4. The first kappa shape index (κ1) is 40.0. The summed E-state index contributed by atoms with van der Waals surface area (Å²) >= 11 is 8.10. The summed E-state index contributed by atoms with van der Waals surface area (Å²) in [5, 5.41) is 22.3. The van der Waals surface area contributed by atoms with E-state index < -0.39 is 21.5 Å². The monoisotopic (exact) mass is 771 g/mol. The number of hydrogen-bond acceptors (Lipinski definition) is 8. The summed E-state index contributed by atoms with van der Waals surface area (Å²) in [5.74, 6) is -0.813. The molecule has 2 aromatic rings. The predicted octanol–water partition coefficient (Wildman–Crippen LogP) is 9.47. The first-order valence-electron chi connectivity index (χ1n) is 17.4. The highest BCUT2D eigenvalue weighted by Crippen LogP contribution is 2.51. The lowest BCUT2D eigenvalue weighted by atomic mass is 9.80. The summed E-state index contributed by atoms with van der Waals surface area (Å²) in [7, 11) is -2.35. The van der Waals surface area contributed by atoms with Crippen molar-refractivity contribution < 1.29 is 42.1 Å². The summed E-state index contributed by atoms with van der Waals surface area (Å²) in [6.45, 7) is 13.0. The number of fused-ring (bicyclic) bond motifs is 2. The summed E-state index contributed by atoms with van der Waals surface area (Å²) in [6.07, 6.45) is 13.2. The standard InChI is InChI=1S/C39H47ClN2O8S2/c1-24-20-28(51-50-49-45)22-30-36(24)41(7)32(38(30,3)4)17-15-26-12-11-13-27(35(26)40)16-18-33-39(5,6)31-23-29(52(46,47)48)21-25(2)37(31)42(33)19-10-8-9-14-34(43)44/h15-18,20-23H,8-14,19H2,1-7H3,(H2-,43,44,45,46,47,48)/p+1. The number of carbonyl (C=O) groups is 1. The zero-order valence-electron chi connectivity index (χ0n) is 30.7. The van der Waals surface area contributed by atoms with Gasteiger partial charge in [0.1, 0.15) is 7.05 Å². The van der Waals surface area contributed by atoms with Crippen LogP contribution in [0.5, 0.6) is 0 Å². The molecule has 2 heterocycles. The maximum absolute atomic E-state index is 12.2. The van der Waals surface area contributed by atoms with Crippen LogP contribution in [0, 0.1) is 13.8 Å². The van der Waals surface area contributed by atoms with Gasteiger partial charge in [-0.15, -0.1) is 4.33 Å². The third kappa shape index (κ3) is 7.99. The van der Waals surface area contributed by atoms with E-state index in [2.05, 4.69) is 65.8 Å². The fourth-order valence-electron chi connectivity index (χ4n) is 7.91. The van der Waals surface area contributed by atoms with E-state index in [1.165, 1.54) is 6.07 Å². The van der Waals surface area contributed by atoms with Crippen molar-refractivity contribution in [3.63, 3.8) is 0 Å². The Morgan fingerprint density at radius 3 is 2.40 bits per heavy atom. The third-order valence-corrected chi connectivity index (χ3v) is 12.4. The Bertz CT molecular complexity index is 2040. The van der Waals surface area contributed by atoms with E-state index in [1.807, 2.05) is 33.8 Å². The minimum absolute atomic E-state index is 0.117. The first-order valence-corrected chi connectivity index (χ1v) is 20.0. The molecule has 280 valence electrons. The van der Waals surface area contributed by atoms with Gasteiger partial charge in [-0.2, -0.15) is 13.0 Å². The molecule has 0 spiro atoms. The fraction of sp³-hybridized carbons (Fsp3) is 0.436. The molecule has 0 radical (unpaired) electrons. The van der Waals surface area contributed by atoms with Gasteiger partial charge in [0, 0.05) is 56.9 Å². The van der Waals surface area contributed by atoms with Crippen LogP contribution in [0.4, 0.5) is 11.4 Å². The van der Waals surface area contributed by atoms with Crippen LogP contribution in [0.25, 0.3) is 0 Å².